The van der Waals surface area contributed by atoms with Crippen LogP contribution in [0.25, 0.3) is 0 Å². The maximum Gasteiger partial charge on any atom is 0.0795 e. The van der Waals surface area contributed by atoms with Gasteiger partial charge in [-0.2, -0.15) is 0 Å². The van der Waals surface area contributed by atoms with Crippen LogP contribution in [0.4, 0.5) is 0 Å². The Labute approximate surface area is 103 Å². The van der Waals surface area contributed by atoms with Crippen molar-refractivity contribution in [1.29, 1.82) is 0 Å². The molecule has 0 aromatic carbocycles. The number of rotatable bonds is 9. The molecule has 1 aromatic rings. The molecular weight excluding hydrogens is 218 g/mol. The van der Waals surface area contributed by atoms with Crippen molar-refractivity contribution in [3.05, 3.63) is 16.6 Å². The second kappa shape index (κ2) is 8.67. The molecule has 1 heterocycles. The molecule has 1 rings (SSSR count). The van der Waals surface area contributed by atoms with E-state index < -0.39 is 0 Å². The lowest BCUT2D eigenvalue weighted by Gasteiger charge is -2.17. The summed E-state index contributed by atoms with van der Waals surface area (Å²) >= 11 is 1.66. The van der Waals surface area contributed by atoms with Crippen LogP contribution in [-0.4, -0.2) is 36.1 Å². The fourth-order valence-corrected chi connectivity index (χ4v) is 2.22. The maximum absolute atomic E-state index is 4.24. The number of hydrogen-bond acceptors (Lipinski definition) is 4. The molecule has 92 valence electrons. The van der Waals surface area contributed by atoms with Crippen LogP contribution in [0.15, 0.2) is 10.9 Å². The molecule has 0 spiro atoms. The molecule has 0 amide bonds. The molecule has 0 atom stereocenters. The van der Waals surface area contributed by atoms with Gasteiger partial charge in [0, 0.05) is 11.9 Å². The zero-order valence-electron chi connectivity index (χ0n) is 10.4. The van der Waals surface area contributed by atoms with Gasteiger partial charge in [0.1, 0.15) is 0 Å². The first-order valence-corrected chi connectivity index (χ1v) is 7.11. The van der Waals surface area contributed by atoms with E-state index in [1.807, 2.05) is 5.51 Å². The Kier molecular flexibility index (Phi) is 7.38. The summed E-state index contributed by atoms with van der Waals surface area (Å²) in [5.74, 6) is 0. The van der Waals surface area contributed by atoms with Gasteiger partial charge < -0.3 is 10.2 Å². The van der Waals surface area contributed by atoms with Gasteiger partial charge in [0.25, 0.3) is 0 Å². The molecule has 0 aliphatic rings. The van der Waals surface area contributed by atoms with Gasteiger partial charge in [-0.25, -0.2) is 4.98 Å². The molecular formula is C12H23N3S. The topological polar surface area (TPSA) is 28.2 Å². The van der Waals surface area contributed by atoms with Crippen LogP contribution in [0.5, 0.6) is 0 Å². The van der Waals surface area contributed by atoms with E-state index in [0.717, 1.165) is 18.8 Å². The Morgan fingerprint density at radius 3 is 2.75 bits per heavy atom. The molecule has 0 fully saturated rings. The number of hydrogen-bond donors (Lipinski definition) is 1. The molecule has 1 aromatic heterocycles. The average molecular weight is 241 g/mol. The van der Waals surface area contributed by atoms with E-state index in [2.05, 4.69) is 34.4 Å². The molecule has 0 saturated carbocycles. The third-order valence-corrected chi connectivity index (χ3v) is 3.40. The SMILES string of the molecule is CCN(CC)CCCCNCc1cscn1. The first-order chi connectivity index (χ1) is 7.86. The lowest BCUT2D eigenvalue weighted by atomic mass is 10.3. The zero-order chi connectivity index (χ0) is 11.6. The molecule has 0 aliphatic carbocycles. The van der Waals surface area contributed by atoms with E-state index >= 15 is 0 Å². The van der Waals surface area contributed by atoms with E-state index in [4.69, 9.17) is 0 Å². The summed E-state index contributed by atoms with van der Waals surface area (Å²) in [6.07, 6.45) is 2.53. The molecule has 3 nitrogen and oxygen atoms in total. The summed E-state index contributed by atoms with van der Waals surface area (Å²) in [5.41, 5.74) is 3.05. The van der Waals surface area contributed by atoms with E-state index in [1.165, 1.54) is 32.5 Å². The highest BCUT2D eigenvalue weighted by Crippen LogP contribution is 2.00. The van der Waals surface area contributed by atoms with Crippen LogP contribution in [0.1, 0.15) is 32.4 Å². The standard InChI is InChI=1S/C12H23N3S/c1-3-15(4-2)8-6-5-7-13-9-12-10-16-11-14-12/h10-11,13H,3-9H2,1-2H3. The molecule has 16 heavy (non-hydrogen) atoms. The van der Waals surface area contributed by atoms with Crippen LogP contribution < -0.4 is 5.32 Å². The Bertz CT molecular complexity index is 245. The van der Waals surface area contributed by atoms with E-state index in [9.17, 15) is 0 Å². The van der Waals surface area contributed by atoms with E-state index in [0.29, 0.717) is 0 Å². The van der Waals surface area contributed by atoms with Gasteiger partial charge in [-0.05, 0) is 39.0 Å². The number of thiazole rings is 1. The Morgan fingerprint density at radius 1 is 1.31 bits per heavy atom. The first kappa shape index (κ1) is 13.6. The van der Waals surface area contributed by atoms with Gasteiger partial charge in [0.05, 0.1) is 11.2 Å². The van der Waals surface area contributed by atoms with Crippen molar-refractivity contribution >= 4 is 11.3 Å². The fourth-order valence-electron chi connectivity index (χ4n) is 1.67. The van der Waals surface area contributed by atoms with Crippen LogP contribution in [0.2, 0.25) is 0 Å². The average Bonchev–Trinajstić information content (AvgIpc) is 2.81. The Balaban J connectivity index is 1.92. The van der Waals surface area contributed by atoms with Crippen molar-refractivity contribution in [3.63, 3.8) is 0 Å². The molecule has 0 radical (unpaired) electrons. The first-order valence-electron chi connectivity index (χ1n) is 6.17. The lowest BCUT2D eigenvalue weighted by Crippen LogP contribution is -2.25. The van der Waals surface area contributed by atoms with Crippen molar-refractivity contribution in [1.82, 2.24) is 15.2 Å². The molecule has 0 unspecified atom stereocenters. The fraction of sp³-hybridized carbons (Fsp3) is 0.750. The summed E-state index contributed by atoms with van der Waals surface area (Å²) < 4.78 is 0. The van der Waals surface area contributed by atoms with Crippen LogP contribution in [-0.2, 0) is 6.54 Å². The van der Waals surface area contributed by atoms with Crippen molar-refractivity contribution in [2.45, 2.75) is 33.2 Å². The van der Waals surface area contributed by atoms with Crippen molar-refractivity contribution in [2.24, 2.45) is 0 Å². The van der Waals surface area contributed by atoms with Gasteiger partial charge >= 0.3 is 0 Å². The maximum atomic E-state index is 4.24. The second-order valence-corrected chi connectivity index (χ2v) is 4.61. The van der Waals surface area contributed by atoms with Crippen LogP contribution in [0.3, 0.4) is 0 Å². The minimum absolute atomic E-state index is 0.911. The van der Waals surface area contributed by atoms with Gasteiger partial charge in [0.2, 0.25) is 0 Å². The quantitative estimate of drug-likeness (QED) is 0.673. The summed E-state index contributed by atoms with van der Waals surface area (Å²) in [7, 11) is 0. The predicted molar refractivity (Wildman–Crippen MR) is 70.8 cm³/mol. The van der Waals surface area contributed by atoms with Crippen LogP contribution >= 0.6 is 11.3 Å². The molecule has 0 aliphatic heterocycles. The number of nitrogens with zero attached hydrogens (tertiary/aromatic N) is 2. The molecule has 0 bridgehead atoms. The second-order valence-electron chi connectivity index (χ2n) is 3.89. The summed E-state index contributed by atoms with van der Waals surface area (Å²) in [5, 5.41) is 5.52. The third kappa shape index (κ3) is 5.58. The van der Waals surface area contributed by atoms with Crippen molar-refractivity contribution < 1.29 is 0 Å². The Hall–Kier alpha value is -0.450. The van der Waals surface area contributed by atoms with Gasteiger partial charge in [-0.1, -0.05) is 13.8 Å². The lowest BCUT2D eigenvalue weighted by molar-refractivity contribution is 0.296. The number of unbranched alkanes of at least 4 members (excludes halogenated alkanes) is 1. The number of aromatic nitrogens is 1. The highest BCUT2D eigenvalue weighted by Gasteiger charge is 1.98. The minimum Gasteiger partial charge on any atom is -0.311 e. The largest absolute Gasteiger partial charge is 0.311 e. The molecule has 0 saturated heterocycles. The third-order valence-electron chi connectivity index (χ3n) is 2.76. The predicted octanol–water partition coefficient (Wildman–Crippen LogP) is 2.35. The van der Waals surface area contributed by atoms with Gasteiger partial charge in [-0.3, -0.25) is 0 Å². The van der Waals surface area contributed by atoms with Gasteiger partial charge in [-0.15, -0.1) is 11.3 Å². The van der Waals surface area contributed by atoms with Gasteiger partial charge in [0.15, 0.2) is 0 Å². The van der Waals surface area contributed by atoms with Crippen molar-refractivity contribution in [3.8, 4) is 0 Å². The normalized spacial score (nSPS) is 11.2. The number of nitrogens with one attached hydrogen (secondary N) is 1. The Morgan fingerprint density at radius 2 is 2.12 bits per heavy atom. The van der Waals surface area contributed by atoms with Crippen molar-refractivity contribution in [2.75, 3.05) is 26.2 Å². The summed E-state index contributed by atoms with van der Waals surface area (Å²) in [6, 6.07) is 0. The molecule has 4 heteroatoms. The molecule has 1 N–H and O–H groups in total. The smallest absolute Gasteiger partial charge is 0.0795 e. The zero-order valence-corrected chi connectivity index (χ0v) is 11.2. The minimum atomic E-state index is 0.911. The monoisotopic (exact) mass is 241 g/mol. The highest BCUT2D eigenvalue weighted by atomic mass is 32.1. The van der Waals surface area contributed by atoms with E-state index in [-0.39, 0.29) is 0 Å². The summed E-state index contributed by atoms with van der Waals surface area (Å²) in [4.78, 5) is 6.71. The van der Waals surface area contributed by atoms with Crippen LogP contribution in [0, 0.1) is 0 Å². The van der Waals surface area contributed by atoms with E-state index in [1.54, 1.807) is 11.3 Å². The highest BCUT2D eigenvalue weighted by molar-refractivity contribution is 7.07. The summed E-state index contributed by atoms with van der Waals surface area (Å²) in [6.45, 7) is 10.0.